The van der Waals surface area contributed by atoms with E-state index in [1.165, 1.54) is 32.1 Å². The Labute approximate surface area is 317 Å². The predicted molar refractivity (Wildman–Crippen MR) is 213 cm³/mol. The third kappa shape index (κ3) is 37.2. The van der Waals surface area contributed by atoms with E-state index in [0.29, 0.717) is 23.9 Å². The van der Waals surface area contributed by atoms with Crippen LogP contribution in [0.15, 0.2) is 72.9 Å². The van der Waals surface area contributed by atoms with Gasteiger partial charge in [-0.1, -0.05) is 138 Å². The molecule has 0 saturated heterocycles. The van der Waals surface area contributed by atoms with Gasteiger partial charge in [0.2, 0.25) is 0 Å². The maximum absolute atomic E-state index is 12.5. The van der Waals surface area contributed by atoms with E-state index < -0.39 is 32.5 Å². The van der Waals surface area contributed by atoms with Gasteiger partial charge >= 0.3 is 11.9 Å². The van der Waals surface area contributed by atoms with Crippen LogP contribution in [0.4, 0.5) is 0 Å². The topological polar surface area (TPSA) is 111 Å². The molecule has 0 aromatic carbocycles. The molecule has 0 radical (unpaired) electrons. The van der Waals surface area contributed by atoms with E-state index in [4.69, 9.17) is 18.5 Å². The van der Waals surface area contributed by atoms with Crippen LogP contribution in [0, 0.1) is 0 Å². The van der Waals surface area contributed by atoms with Gasteiger partial charge in [-0.25, -0.2) is 0 Å². The van der Waals surface area contributed by atoms with Crippen molar-refractivity contribution in [3.63, 3.8) is 0 Å². The number of likely N-dealkylation sites (N-methyl/N-ethyl adjacent to an activating group) is 1. The number of hydrogen-bond acceptors (Lipinski definition) is 8. The first-order valence-electron chi connectivity index (χ1n) is 19.6. The molecule has 0 bridgehead atoms. The summed E-state index contributed by atoms with van der Waals surface area (Å²) in [5, 5.41) is 0. The highest BCUT2D eigenvalue weighted by atomic mass is 31.2. The van der Waals surface area contributed by atoms with Gasteiger partial charge in [0.15, 0.2) is 6.10 Å². The fraction of sp³-hybridized carbons (Fsp3) is 0.667. The molecule has 0 aromatic rings. The van der Waals surface area contributed by atoms with E-state index in [1.54, 1.807) is 0 Å². The van der Waals surface area contributed by atoms with Crippen molar-refractivity contribution < 1.29 is 42.1 Å². The summed E-state index contributed by atoms with van der Waals surface area (Å²) in [6.45, 7) is 3.97. The Bertz CT molecular complexity index is 1120. The van der Waals surface area contributed by atoms with E-state index in [9.17, 15) is 19.0 Å². The molecule has 0 fully saturated rings. The van der Waals surface area contributed by atoms with Gasteiger partial charge in [-0.3, -0.25) is 14.2 Å². The Morgan fingerprint density at radius 2 is 1.10 bits per heavy atom. The van der Waals surface area contributed by atoms with E-state index in [1.807, 2.05) is 33.3 Å². The first-order valence-corrected chi connectivity index (χ1v) is 21.1. The largest absolute Gasteiger partial charge is 0.756 e. The summed E-state index contributed by atoms with van der Waals surface area (Å²) in [6, 6.07) is 0. The van der Waals surface area contributed by atoms with Gasteiger partial charge in [0, 0.05) is 12.8 Å². The zero-order valence-electron chi connectivity index (χ0n) is 33.2. The molecule has 0 aliphatic carbocycles. The summed E-state index contributed by atoms with van der Waals surface area (Å²) in [5.74, 6) is -0.943. The molecule has 0 amide bonds. The third-order valence-electron chi connectivity index (χ3n) is 7.75. The van der Waals surface area contributed by atoms with Crippen LogP contribution in [0.25, 0.3) is 0 Å². The third-order valence-corrected chi connectivity index (χ3v) is 8.72. The molecule has 52 heavy (non-hydrogen) atoms. The number of unbranched alkanes of at least 4 members (excludes halogenated alkanes) is 8. The zero-order valence-corrected chi connectivity index (χ0v) is 34.1. The Hall–Kier alpha value is -2.55. The molecule has 1 unspecified atom stereocenters. The van der Waals surface area contributed by atoms with Crippen molar-refractivity contribution in [2.75, 3.05) is 47.5 Å². The minimum absolute atomic E-state index is 0.0447. The first-order chi connectivity index (χ1) is 25.0. The monoisotopic (exact) mass is 749 g/mol. The van der Waals surface area contributed by atoms with Crippen molar-refractivity contribution in [1.82, 2.24) is 0 Å². The molecular weight excluding hydrogens is 677 g/mol. The van der Waals surface area contributed by atoms with Gasteiger partial charge in [0.05, 0.1) is 27.7 Å². The number of carbonyl (C=O) groups is 2. The summed E-state index contributed by atoms with van der Waals surface area (Å²) in [4.78, 5) is 37.2. The predicted octanol–water partition coefficient (Wildman–Crippen LogP) is 10.0. The highest BCUT2D eigenvalue weighted by molar-refractivity contribution is 7.45. The Balaban J connectivity index is 4.51. The maximum Gasteiger partial charge on any atom is 0.306 e. The second-order valence-electron chi connectivity index (χ2n) is 13.9. The molecule has 2 atom stereocenters. The number of allylic oxidation sites excluding steroid dienone is 12. The van der Waals surface area contributed by atoms with Gasteiger partial charge in [-0.2, -0.15) is 0 Å². The van der Waals surface area contributed by atoms with E-state index in [-0.39, 0.29) is 26.1 Å². The summed E-state index contributed by atoms with van der Waals surface area (Å²) >= 11 is 0. The van der Waals surface area contributed by atoms with Crippen molar-refractivity contribution >= 4 is 19.8 Å². The average Bonchev–Trinajstić information content (AvgIpc) is 3.09. The molecule has 10 heteroatoms. The lowest BCUT2D eigenvalue weighted by atomic mass is 10.1. The standard InChI is InChI=1S/C42H72NO8P/c1-6-8-10-12-14-16-17-18-19-20-21-22-23-24-25-27-28-30-32-34-41(44)48-38-40(39-50-52(46,47)49-37-36-43(3,4)5)51-42(45)35-33-31-29-26-15-13-11-9-7-2/h8,10,14,16,18-19,21-22,24-25,28,30,40H,6-7,9,11-13,15,17,20,23,26-27,29,31-39H2,1-5H3/b10-8-,16-14-,19-18-,22-21-,25-24-,30-28-/t40-/m1/s1. The molecule has 9 nitrogen and oxygen atoms in total. The Kier molecular flexibility index (Phi) is 32.6. The number of esters is 2. The zero-order chi connectivity index (χ0) is 38.6. The molecule has 0 aliphatic heterocycles. The number of phosphoric acid groups is 1. The first kappa shape index (κ1) is 49.5. The smallest absolute Gasteiger partial charge is 0.306 e. The lowest BCUT2D eigenvalue weighted by Gasteiger charge is -2.28. The molecular formula is C42H72NO8P. The van der Waals surface area contributed by atoms with Crippen LogP contribution in [0.2, 0.25) is 0 Å². The molecule has 0 aromatic heterocycles. The highest BCUT2D eigenvalue weighted by Gasteiger charge is 2.21. The lowest BCUT2D eigenvalue weighted by molar-refractivity contribution is -0.870. The molecule has 0 spiro atoms. The number of hydrogen-bond donors (Lipinski definition) is 0. The van der Waals surface area contributed by atoms with Crippen LogP contribution in [0.1, 0.15) is 129 Å². The number of phosphoric ester groups is 1. The average molecular weight is 750 g/mol. The fourth-order valence-corrected chi connectivity index (χ4v) is 5.41. The summed E-state index contributed by atoms with van der Waals surface area (Å²) < 4.78 is 33.6. The van der Waals surface area contributed by atoms with Crippen LogP contribution < -0.4 is 4.89 Å². The van der Waals surface area contributed by atoms with E-state index >= 15 is 0 Å². The molecule has 0 rings (SSSR count). The molecule has 0 N–H and O–H groups in total. The van der Waals surface area contributed by atoms with Gasteiger partial charge in [-0.05, 0) is 51.4 Å². The summed E-state index contributed by atoms with van der Waals surface area (Å²) in [6.07, 6.45) is 41.0. The minimum Gasteiger partial charge on any atom is -0.756 e. The van der Waals surface area contributed by atoms with E-state index in [0.717, 1.165) is 57.8 Å². The summed E-state index contributed by atoms with van der Waals surface area (Å²) in [5.41, 5.74) is 0. The second kappa shape index (κ2) is 34.2. The molecule has 298 valence electrons. The van der Waals surface area contributed by atoms with Gasteiger partial charge < -0.3 is 27.9 Å². The highest BCUT2D eigenvalue weighted by Crippen LogP contribution is 2.38. The number of quaternary nitrogens is 1. The van der Waals surface area contributed by atoms with Crippen molar-refractivity contribution in [2.45, 2.75) is 136 Å². The Morgan fingerprint density at radius 3 is 1.60 bits per heavy atom. The number of ether oxygens (including phenoxy) is 2. The normalized spacial score (nSPS) is 14.5. The Morgan fingerprint density at radius 1 is 0.615 bits per heavy atom. The molecule has 0 heterocycles. The van der Waals surface area contributed by atoms with E-state index in [2.05, 4.69) is 74.6 Å². The minimum atomic E-state index is -4.63. The van der Waals surface area contributed by atoms with Crippen LogP contribution in [-0.4, -0.2) is 70.0 Å². The quantitative estimate of drug-likeness (QED) is 0.0210. The molecule has 0 aliphatic rings. The number of carbonyl (C=O) groups excluding carboxylic acids is 2. The lowest BCUT2D eigenvalue weighted by Crippen LogP contribution is -2.37. The van der Waals surface area contributed by atoms with Gasteiger partial charge in [0.25, 0.3) is 7.82 Å². The summed E-state index contributed by atoms with van der Waals surface area (Å²) in [7, 11) is 1.11. The van der Waals surface area contributed by atoms with Gasteiger partial charge in [0.1, 0.15) is 19.8 Å². The number of nitrogens with zero attached hydrogens (tertiary/aromatic N) is 1. The molecule has 0 saturated carbocycles. The van der Waals surface area contributed by atoms with Crippen molar-refractivity contribution in [3.05, 3.63) is 72.9 Å². The van der Waals surface area contributed by atoms with Crippen LogP contribution >= 0.6 is 7.82 Å². The SMILES string of the molecule is CC/C=C\C/C=C\C/C=C\C/C=C\C/C=C\C/C=C\CCC(=O)OC[C@H](COP(=O)([O-])OCC[N+](C)(C)C)OC(=O)CCCCCCCCCCC. The van der Waals surface area contributed by atoms with Crippen LogP contribution in [0.3, 0.4) is 0 Å². The van der Waals surface area contributed by atoms with Crippen molar-refractivity contribution in [3.8, 4) is 0 Å². The van der Waals surface area contributed by atoms with Crippen LogP contribution in [0.5, 0.6) is 0 Å². The second-order valence-corrected chi connectivity index (χ2v) is 15.3. The van der Waals surface area contributed by atoms with Crippen molar-refractivity contribution in [1.29, 1.82) is 0 Å². The fourth-order valence-electron chi connectivity index (χ4n) is 4.68. The van der Waals surface area contributed by atoms with Crippen LogP contribution in [-0.2, 0) is 32.7 Å². The number of rotatable bonds is 34. The van der Waals surface area contributed by atoms with Crippen molar-refractivity contribution in [2.24, 2.45) is 0 Å². The maximum atomic E-state index is 12.5. The van der Waals surface area contributed by atoms with Gasteiger partial charge in [-0.15, -0.1) is 0 Å².